The normalized spacial score (nSPS) is 11.7. The summed E-state index contributed by atoms with van der Waals surface area (Å²) in [7, 11) is 0. The molecular formula is C59H36N6OPt-2. The maximum absolute atomic E-state index is 6.71. The molecule has 0 N–H and O–H groups in total. The standard InChI is InChI=1S/C59H36N6O.Pt/c1-3-15-40(16-4-1)46-23-14-24-47(41-17-5-2-6-18-41)59(46)63-39-62(54-27-11-12-28-55(54)63)42-19-13-20-44(35-42)66-45-30-31-50-48-21-8-10-26-53(48)65(56(50)36-45)58-32-29-43(37-61-58)64-52-25-9-7-22-49(52)51-33-34-60-38-57(51)64;/h1-34,37-38H;/q-2;. The van der Waals surface area contributed by atoms with Crippen molar-refractivity contribution in [3.63, 3.8) is 0 Å². The summed E-state index contributed by atoms with van der Waals surface area (Å²) >= 11 is 2.47. The summed E-state index contributed by atoms with van der Waals surface area (Å²) in [6, 6.07) is 77.0. The average molecular weight is 1040 g/mol. The van der Waals surface area contributed by atoms with Gasteiger partial charge in [0.2, 0.25) is 0 Å². The molecule has 0 spiro atoms. The van der Waals surface area contributed by atoms with E-state index in [1.54, 1.807) is 0 Å². The number of hydrogen-bond donors (Lipinski definition) is 0. The summed E-state index contributed by atoms with van der Waals surface area (Å²) in [5, 5.41) is 4.51. The molecule has 320 valence electrons. The SMILES string of the molecule is [Pt]=[c]1n(-c2[c-]c(Oc3[c-]c4c(cc3)c3ccccc3n4-c3ccc(-n4c5ccccc5c5ccncc54)cn3)ccc2)c2ccccc2n1-c1c(-c2ccccc2)cccc1-c1ccccc1. The van der Waals surface area contributed by atoms with E-state index in [0.717, 1.165) is 98.2 Å². The molecule has 0 saturated carbocycles. The predicted octanol–water partition coefficient (Wildman–Crippen LogP) is 14.2. The number of para-hydroxylation sites is 5. The molecule has 0 bridgehead atoms. The molecule has 8 aromatic carbocycles. The second-order valence-electron chi connectivity index (χ2n) is 16.4. The molecule has 0 fully saturated rings. The quantitative estimate of drug-likeness (QED) is 0.143. The third-order valence-electron chi connectivity index (χ3n) is 12.6. The first-order valence-corrected chi connectivity index (χ1v) is 23.2. The van der Waals surface area contributed by atoms with E-state index < -0.39 is 0 Å². The Balaban J connectivity index is 0.906. The van der Waals surface area contributed by atoms with Crippen molar-refractivity contribution in [2.75, 3.05) is 0 Å². The molecule has 8 heteroatoms. The van der Waals surface area contributed by atoms with Gasteiger partial charge in [-0.2, -0.15) is 0 Å². The van der Waals surface area contributed by atoms with Gasteiger partial charge >= 0.3 is 294 Å². The zero-order chi connectivity index (χ0) is 44.4. The number of rotatable bonds is 8. The van der Waals surface area contributed by atoms with Crippen LogP contribution in [0.5, 0.6) is 11.5 Å². The Labute approximate surface area is 396 Å². The summed E-state index contributed by atoms with van der Waals surface area (Å²) < 4.78 is 16.7. The van der Waals surface area contributed by atoms with E-state index in [4.69, 9.17) is 9.72 Å². The summed E-state index contributed by atoms with van der Waals surface area (Å²) in [5.41, 5.74) is 13.7. The van der Waals surface area contributed by atoms with Crippen molar-refractivity contribution >= 4 is 54.6 Å². The number of imidazole rings is 1. The van der Waals surface area contributed by atoms with Gasteiger partial charge in [-0.25, -0.2) is 0 Å². The first-order valence-electron chi connectivity index (χ1n) is 22.1. The maximum atomic E-state index is 6.71. The molecule has 13 aromatic rings. The second kappa shape index (κ2) is 15.9. The van der Waals surface area contributed by atoms with Gasteiger partial charge in [0.05, 0.1) is 29.1 Å². The van der Waals surface area contributed by atoms with Crippen LogP contribution in [-0.4, -0.2) is 28.2 Å². The molecule has 0 saturated heterocycles. The molecule has 0 aliphatic rings. The van der Waals surface area contributed by atoms with Crippen LogP contribution in [0.1, 0.15) is 0 Å². The van der Waals surface area contributed by atoms with Crippen LogP contribution in [0.15, 0.2) is 219 Å². The molecular weight excluding hydrogens is 1000 g/mol. The van der Waals surface area contributed by atoms with Crippen LogP contribution in [0.25, 0.3) is 99.8 Å². The van der Waals surface area contributed by atoms with Crippen molar-refractivity contribution in [3.05, 3.63) is 235 Å². The zero-order valence-corrected chi connectivity index (χ0v) is 38.0. The third-order valence-corrected chi connectivity index (χ3v) is 13.6. The number of pyridine rings is 2. The summed E-state index contributed by atoms with van der Waals surface area (Å²) in [6.07, 6.45) is 5.71. The van der Waals surface area contributed by atoms with Crippen LogP contribution in [0.4, 0.5) is 0 Å². The predicted molar refractivity (Wildman–Crippen MR) is 265 cm³/mol. The Morgan fingerprint density at radius 3 is 1.72 bits per heavy atom. The first-order chi connectivity index (χ1) is 33.2. The van der Waals surface area contributed by atoms with Crippen molar-refractivity contribution in [2.45, 2.75) is 0 Å². The van der Waals surface area contributed by atoms with Gasteiger partial charge in [0.15, 0.2) is 0 Å². The monoisotopic (exact) mass is 1040 g/mol. The van der Waals surface area contributed by atoms with E-state index in [9.17, 15) is 0 Å². The van der Waals surface area contributed by atoms with Gasteiger partial charge in [-0.15, -0.1) is 0 Å². The minimum absolute atomic E-state index is 0.575. The first kappa shape index (κ1) is 39.0. The van der Waals surface area contributed by atoms with Gasteiger partial charge in [0.1, 0.15) is 0 Å². The topological polar surface area (TPSA) is 54.7 Å². The minimum atomic E-state index is 0.575. The van der Waals surface area contributed by atoms with Crippen LogP contribution >= 0.6 is 0 Å². The summed E-state index contributed by atoms with van der Waals surface area (Å²) in [4.78, 5) is 9.57. The number of hydrogen-bond acceptors (Lipinski definition) is 3. The fourth-order valence-corrected chi connectivity index (χ4v) is 10.8. The Morgan fingerprint density at radius 1 is 0.418 bits per heavy atom. The van der Waals surface area contributed by atoms with E-state index in [0.29, 0.717) is 11.5 Å². The van der Waals surface area contributed by atoms with Gasteiger partial charge in [0.25, 0.3) is 0 Å². The summed E-state index contributed by atoms with van der Waals surface area (Å²) in [5.74, 6) is 1.93. The van der Waals surface area contributed by atoms with Crippen LogP contribution in [-0.2, 0) is 19.4 Å². The second-order valence-corrected chi connectivity index (χ2v) is 17.4. The van der Waals surface area contributed by atoms with Crippen LogP contribution in [0, 0.1) is 15.9 Å². The number of aromatic nitrogens is 6. The Morgan fingerprint density at radius 2 is 1.01 bits per heavy atom. The Hall–Kier alpha value is -8.38. The Bertz CT molecular complexity index is 3980. The van der Waals surface area contributed by atoms with Crippen LogP contribution < -0.4 is 4.74 Å². The third kappa shape index (κ3) is 6.42. The van der Waals surface area contributed by atoms with E-state index >= 15 is 0 Å². The van der Waals surface area contributed by atoms with E-state index in [2.05, 4.69) is 237 Å². The molecule has 7 nitrogen and oxygen atoms in total. The van der Waals surface area contributed by atoms with E-state index in [-0.39, 0.29) is 0 Å². The molecule has 13 rings (SSSR count). The molecule has 0 radical (unpaired) electrons. The van der Waals surface area contributed by atoms with Gasteiger partial charge in [-0.1, -0.05) is 30.3 Å². The molecule has 0 unspecified atom stereocenters. The van der Waals surface area contributed by atoms with Crippen molar-refractivity contribution < 1.29 is 24.1 Å². The van der Waals surface area contributed by atoms with Crippen molar-refractivity contribution in [1.29, 1.82) is 0 Å². The number of ether oxygens (including phenoxy) is 1. The van der Waals surface area contributed by atoms with Crippen LogP contribution in [0.3, 0.4) is 0 Å². The zero-order valence-electron chi connectivity index (χ0n) is 35.7. The van der Waals surface area contributed by atoms with Gasteiger partial charge < -0.3 is 4.57 Å². The average Bonchev–Trinajstić information content (AvgIpc) is 4.01. The van der Waals surface area contributed by atoms with Crippen molar-refractivity contribution in [1.82, 2.24) is 28.2 Å². The van der Waals surface area contributed by atoms with Gasteiger partial charge in [-0.05, 0) is 18.2 Å². The fourth-order valence-electron chi connectivity index (χ4n) is 9.70. The summed E-state index contributed by atoms with van der Waals surface area (Å²) in [6.45, 7) is 0. The molecule has 5 heterocycles. The number of fused-ring (bicyclic) bond motifs is 7. The molecule has 67 heavy (non-hydrogen) atoms. The molecule has 0 aliphatic heterocycles. The van der Waals surface area contributed by atoms with E-state index in [1.165, 1.54) is 5.39 Å². The van der Waals surface area contributed by atoms with Crippen molar-refractivity contribution in [3.8, 4) is 56.6 Å². The van der Waals surface area contributed by atoms with Gasteiger partial charge in [0, 0.05) is 17.0 Å². The molecule has 5 aromatic heterocycles. The number of benzene rings is 8. The molecule has 0 aliphatic carbocycles. The number of nitrogens with zero attached hydrogens (tertiary/aromatic N) is 6. The fraction of sp³-hybridized carbons (Fsp3) is 0. The molecule has 0 amide bonds. The Kier molecular flexibility index (Phi) is 9.29. The van der Waals surface area contributed by atoms with Gasteiger partial charge in [-0.3, -0.25) is 4.98 Å². The van der Waals surface area contributed by atoms with Crippen LogP contribution in [0.2, 0.25) is 0 Å². The van der Waals surface area contributed by atoms with Crippen molar-refractivity contribution in [2.24, 2.45) is 0 Å². The van der Waals surface area contributed by atoms with E-state index in [1.807, 2.05) is 36.8 Å². The molecule has 0 atom stereocenters.